The lowest BCUT2D eigenvalue weighted by Gasteiger charge is -2.31. The molecule has 0 radical (unpaired) electrons. The molecule has 0 bridgehead atoms. The first-order chi connectivity index (χ1) is 12.9. The van der Waals surface area contributed by atoms with Crippen LogP contribution in [0.4, 0.5) is 4.39 Å². The Morgan fingerprint density at radius 1 is 1.19 bits per heavy atom. The zero-order valence-electron chi connectivity index (χ0n) is 15.0. The first kappa shape index (κ1) is 19.4. The second kappa shape index (κ2) is 8.08. The summed E-state index contributed by atoms with van der Waals surface area (Å²) in [7, 11) is -3.15. The van der Waals surface area contributed by atoms with E-state index in [2.05, 4.69) is 0 Å². The summed E-state index contributed by atoms with van der Waals surface area (Å²) in [6, 6.07) is 14.8. The zero-order valence-corrected chi connectivity index (χ0v) is 15.9. The van der Waals surface area contributed by atoms with Gasteiger partial charge in [0.2, 0.25) is 0 Å². The summed E-state index contributed by atoms with van der Waals surface area (Å²) < 4.78 is 43.2. The van der Waals surface area contributed by atoms with Crippen LogP contribution in [0.1, 0.15) is 18.9 Å². The number of hydrogen-bond donors (Lipinski definition) is 0. The smallest absolute Gasteiger partial charge is 0.263 e. The van der Waals surface area contributed by atoms with Crippen molar-refractivity contribution in [2.45, 2.75) is 32.0 Å². The minimum Gasteiger partial charge on any atom is -0.478 e. The van der Waals surface area contributed by atoms with Gasteiger partial charge in [0, 0.05) is 12.6 Å². The lowest BCUT2D eigenvalue weighted by Crippen LogP contribution is -2.46. The molecule has 0 aromatic heterocycles. The number of para-hydroxylation sites is 1. The van der Waals surface area contributed by atoms with E-state index in [1.807, 2.05) is 30.3 Å². The fourth-order valence-electron chi connectivity index (χ4n) is 3.20. The average Bonchev–Trinajstić information content (AvgIpc) is 3.01. The Morgan fingerprint density at radius 3 is 2.48 bits per heavy atom. The van der Waals surface area contributed by atoms with E-state index in [9.17, 15) is 17.6 Å². The molecule has 2 atom stereocenters. The maximum atomic E-state index is 13.8. The molecule has 1 saturated heterocycles. The molecule has 7 heteroatoms. The van der Waals surface area contributed by atoms with E-state index >= 15 is 0 Å². The van der Waals surface area contributed by atoms with Gasteiger partial charge in [-0.1, -0.05) is 42.5 Å². The van der Waals surface area contributed by atoms with Crippen LogP contribution < -0.4 is 4.74 Å². The van der Waals surface area contributed by atoms with E-state index in [1.54, 1.807) is 24.0 Å². The summed E-state index contributed by atoms with van der Waals surface area (Å²) in [4.78, 5) is 14.6. The van der Waals surface area contributed by atoms with Crippen LogP contribution in [0, 0.1) is 5.82 Å². The average molecular weight is 391 g/mol. The fourth-order valence-corrected chi connectivity index (χ4v) is 4.93. The van der Waals surface area contributed by atoms with E-state index in [-0.39, 0.29) is 29.7 Å². The van der Waals surface area contributed by atoms with Crippen molar-refractivity contribution in [3.8, 4) is 5.75 Å². The van der Waals surface area contributed by atoms with Crippen molar-refractivity contribution in [3.05, 3.63) is 66.0 Å². The third-order valence-electron chi connectivity index (χ3n) is 4.62. The molecule has 0 aliphatic carbocycles. The predicted octanol–water partition coefficient (Wildman–Crippen LogP) is 2.81. The molecule has 144 valence electrons. The van der Waals surface area contributed by atoms with E-state index in [0.717, 1.165) is 5.56 Å². The lowest BCUT2D eigenvalue weighted by molar-refractivity contribution is -0.140. The van der Waals surface area contributed by atoms with Gasteiger partial charge in [0.15, 0.2) is 27.5 Å². The summed E-state index contributed by atoms with van der Waals surface area (Å²) in [5.74, 6) is -0.895. The molecule has 1 heterocycles. The van der Waals surface area contributed by atoms with E-state index in [4.69, 9.17) is 4.74 Å². The van der Waals surface area contributed by atoms with Crippen molar-refractivity contribution in [2.75, 3.05) is 11.5 Å². The van der Waals surface area contributed by atoms with Crippen LogP contribution in [0.2, 0.25) is 0 Å². The number of carbonyl (C=O) groups is 1. The number of carbonyl (C=O) groups excluding carboxylic acids is 1. The van der Waals surface area contributed by atoms with E-state index in [1.165, 1.54) is 12.1 Å². The quantitative estimate of drug-likeness (QED) is 0.760. The van der Waals surface area contributed by atoms with Gasteiger partial charge < -0.3 is 9.64 Å². The summed E-state index contributed by atoms with van der Waals surface area (Å²) in [6.45, 7) is 1.83. The standard InChI is InChI=1S/C20H22FNO4S/c1-15(26-19-10-6-5-9-18(19)21)20(23)22(13-16-7-3-2-4-8-16)17-11-12-27(24,25)14-17/h2-10,15,17H,11-14H2,1H3/t15-,17-/m1/s1. The fraction of sp³-hybridized carbons (Fsp3) is 0.350. The molecular weight excluding hydrogens is 369 g/mol. The summed E-state index contributed by atoms with van der Waals surface area (Å²) in [5.41, 5.74) is 0.897. The number of rotatable bonds is 6. The molecule has 0 saturated carbocycles. The molecule has 3 rings (SSSR count). The molecule has 1 aliphatic rings. The van der Waals surface area contributed by atoms with Crippen LogP contribution in [-0.2, 0) is 21.2 Å². The Labute approximate surface area is 158 Å². The van der Waals surface area contributed by atoms with Crippen molar-refractivity contribution in [2.24, 2.45) is 0 Å². The minimum absolute atomic E-state index is 0.00273. The van der Waals surface area contributed by atoms with Gasteiger partial charge >= 0.3 is 0 Å². The van der Waals surface area contributed by atoms with E-state index in [0.29, 0.717) is 6.42 Å². The first-order valence-electron chi connectivity index (χ1n) is 8.82. The second-order valence-corrected chi connectivity index (χ2v) is 8.93. The highest BCUT2D eigenvalue weighted by Crippen LogP contribution is 2.23. The van der Waals surface area contributed by atoms with Crippen molar-refractivity contribution >= 4 is 15.7 Å². The summed E-state index contributed by atoms with van der Waals surface area (Å²) in [5, 5.41) is 0. The van der Waals surface area contributed by atoms with Gasteiger partial charge in [0.1, 0.15) is 0 Å². The zero-order chi connectivity index (χ0) is 19.4. The van der Waals surface area contributed by atoms with Crippen LogP contribution in [-0.4, -0.2) is 42.9 Å². The van der Waals surface area contributed by atoms with Gasteiger partial charge in [-0.15, -0.1) is 0 Å². The Kier molecular flexibility index (Phi) is 5.79. The number of sulfone groups is 1. The summed E-state index contributed by atoms with van der Waals surface area (Å²) in [6.07, 6.45) is -0.540. The molecule has 0 spiro atoms. The Bertz CT molecular complexity index is 901. The Hall–Kier alpha value is -2.41. The SMILES string of the molecule is C[C@@H](Oc1ccccc1F)C(=O)N(Cc1ccccc1)[C@@H]1CCS(=O)(=O)C1. The number of nitrogens with zero attached hydrogens (tertiary/aromatic N) is 1. The third-order valence-corrected chi connectivity index (χ3v) is 6.37. The molecule has 27 heavy (non-hydrogen) atoms. The normalized spacial score (nSPS) is 19.4. The van der Waals surface area contributed by atoms with Crippen LogP contribution in [0.5, 0.6) is 5.75 Å². The van der Waals surface area contributed by atoms with Crippen LogP contribution in [0.3, 0.4) is 0 Å². The molecule has 1 amide bonds. The second-order valence-electron chi connectivity index (χ2n) is 6.70. The molecule has 1 fully saturated rings. The monoisotopic (exact) mass is 391 g/mol. The number of halogens is 1. The number of hydrogen-bond acceptors (Lipinski definition) is 4. The minimum atomic E-state index is -3.15. The van der Waals surface area contributed by atoms with Crippen LogP contribution >= 0.6 is 0 Å². The maximum absolute atomic E-state index is 13.8. The van der Waals surface area contributed by atoms with E-state index < -0.39 is 27.8 Å². The van der Waals surface area contributed by atoms with Crippen molar-refractivity contribution in [1.29, 1.82) is 0 Å². The van der Waals surface area contributed by atoms with Gasteiger partial charge in [-0.3, -0.25) is 4.79 Å². The lowest BCUT2D eigenvalue weighted by atomic mass is 10.1. The van der Waals surface area contributed by atoms with Gasteiger partial charge in [0.25, 0.3) is 5.91 Å². The molecule has 0 N–H and O–H groups in total. The third kappa shape index (κ3) is 4.86. The molecule has 1 aliphatic heterocycles. The largest absolute Gasteiger partial charge is 0.478 e. The van der Waals surface area contributed by atoms with Gasteiger partial charge in [0.05, 0.1) is 11.5 Å². The number of amides is 1. The van der Waals surface area contributed by atoms with Gasteiger partial charge in [-0.25, -0.2) is 12.8 Å². The molecule has 2 aromatic rings. The molecular formula is C20H22FNO4S. The highest BCUT2D eigenvalue weighted by atomic mass is 32.2. The van der Waals surface area contributed by atoms with Gasteiger partial charge in [-0.2, -0.15) is 0 Å². The Morgan fingerprint density at radius 2 is 1.85 bits per heavy atom. The topological polar surface area (TPSA) is 63.7 Å². The van der Waals surface area contributed by atoms with Crippen molar-refractivity contribution in [1.82, 2.24) is 4.90 Å². The number of benzene rings is 2. The number of ether oxygens (including phenoxy) is 1. The summed E-state index contributed by atoms with van der Waals surface area (Å²) >= 11 is 0. The first-order valence-corrected chi connectivity index (χ1v) is 10.6. The molecule has 2 aromatic carbocycles. The maximum Gasteiger partial charge on any atom is 0.263 e. The molecule has 0 unspecified atom stereocenters. The van der Waals surface area contributed by atoms with Crippen LogP contribution in [0.25, 0.3) is 0 Å². The van der Waals surface area contributed by atoms with Crippen molar-refractivity contribution in [3.63, 3.8) is 0 Å². The highest BCUT2D eigenvalue weighted by Gasteiger charge is 2.36. The predicted molar refractivity (Wildman–Crippen MR) is 101 cm³/mol. The van der Waals surface area contributed by atoms with Crippen LogP contribution in [0.15, 0.2) is 54.6 Å². The highest BCUT2D eigenvalue weighted by molar-refractivity contribution is 7.91. The van der Waals surface area contributed by atoms with Gasteiger partial charge in [-0.05, 0) is 31.0 Å². The van der Waals surface area contributed by atoms with Crippen molar-refractivity contribution < 1.29 is 22.3 Å². The Balaban J connectivity index is 1.80. The molecule has 5 nitrogen and oxygen atoms in total.